The summed E-state index contributed by atoms with van der Waals surface area (Å²) in [5.74, 6) is -1.90. The second-order valence-corrected chi connectivity index (χ2v) is 9.98. The predicted molar refractivity (Wildman–Crippen MR) is 126 cm³/mol. The second kappa shape index (κ2) is 8.21. The number of hydrogen-bond donors (Lipinski definition) is 0. The summed E-state index contributed by atoms with van der Waals surface area (Å²) in [6, 6.07) is 15.9. The molecule has 0 aliphatic heterocycles. The van der Waals surface area contributed by atoms with Gasteiger partial charge in [-0.05, 0) is 33.1 Å². The van der Waals surface area contributed by atoms with Gasteiger partial charge < -0.3 is 0 Å². The first-order valence-electron chi connectivity index (χ1n) is 10.4. The maximum Gasteiger partial charge on any atom is 0.231 e. The van der Waals surface area contributed by atoms with Gasteiger partial charge in [0.05, 0.1) is 12.1 Å². The molecule has 2 nitrogen and oxygen atoms in total. The van der Waals surface area contributed by atoms with Crippen LogP contribution in [-0.2, 0) is 10.8 Å². The Hall–Kier alpha value is -3.50. The number of nitriles is 1. The summed E-state index contributed by atoms with van der Waals surface area (Å²) in [5.41, 5.74) is 1.56. The average Bonchev–Trinajstić information content (AvgIpc) is 2.72. The molecule has 32 heavy (non-hydrogen) atoms. The molecule has 0 N–H and O–H groups in total. The predicted octanol–water partition coefficient (Wildman–Crippen LogP) is 8.32. The van der Waals surface area contributed by atoms with Crippen LogP contribution in [0, 0.1) is 29.5 Å². The van der Waals surface area contributed by atoms with E-state index in [1.165, 1.54) is 0 Å². The van der Waals surface area contributed by atoms with Crippen molar-refractivity contribution in [2.24, 2.45) is 0 Å². The Kier molecular flexibility index (Phi) is 5.94. The minimum atomic E-state index is -0.949. The van der Waals surface area contributed by atoms with Crippen LogP contribution in [0.15, 0.2) is 48.5 Å². The van der Waals surface area contributed by atoms with Crippen LogP contribution in [0.3, 0.4) is 0 Å². The van der Waals surface area contributed by atoms with E-state index in [0.717, 1.165) is 11.1 Å². The molecule has 0 radical (unpaired) electrons. The third kappa shape index (κ3) is 4.14. The highest BCUT2D eigenvalue weighted by Gasteiger charge is 2.27. The van der Waals surface area contributed by atoms with E-state index < -0.39 is 11.6 Å². The minimum Gasteiger partial charge on any atom is -0.234 e. The van der Waals surface area contributed by atoms with Gasteiger partial charge in [0.15, 0.2) is 0 Å². The van der Waals surface area contributed by atoms with E-state index in [-0.39, 0.29) is 33.2 Å². The standard InChI is InChI=1S/C28H26F2N2/c1-27(2,3)19-12-8-17(9-13-19)22-21(16-31)24(29)23(25(30)26(22)32-7)18-10-14-20(15-11-18)28(4,5)6/h8-15H,1-6H3. The number of benzene rings is 3. The van der Waals surface area contributed by atoms with E-state index in [4.69, 9.17) is 6.57 Å². The molecule has 3 aromatic carbocycles. The highest BCUT2D eigenvalue weighted by molar-refractivity contribution is 5.89. The maximum atomic E-state index is 15.5. The lowest BCUT2D eigenvalue weighted by Crippen LogP contribution is -2.10. The third-order valence-electron chi connectivity index (χ3n) is 5.66. The zero-order valence-corrected chi connectivity index (χ0v) is 19.3. The van der Waals surface area contributed by atoms with Crippen LogP contribution >= 0.6 is 0 Å². The van der Waals surface area contributed by atoms with Gasteiger partial charge >= 0.3 is 0 Å². The molecule has 0 heterocycles. The van der Waals surface area contributed by atoms with E-state index in [1.54, 1.807) is 24.3 Å². The van der Waals surface area contributed by atoms with Gasteiger partial charge in [-0.25, -0.2) is 13.6 Å². The fourth-order valence-corrected chi connectivity index (χ4v) is 3.70. The van der Waals surface area contributed by atoms with Crippen molar-refractivity contribution in [3.63, 3.8) is 0 Å². The number of halogens is 2. The summed E-state index contributed by atoms with van der Waals surface area (Å²) < 4.78 is 31.0. The van der Waals surface area contributed by atoms with Crippen molar-refractivity contribution in [3.05, 3.63) is 88.3 Å². The normalized spacial score (nSPS) is 11.7. The molecule has 0 spiro atoms. The van der Waals surface area contributed by atoms with Crippen LogP contribution in [0.2, 0.25) is 0 Å². The molecule has 0 atom stereocenters. The quantitative estimate of drug-likeness (QED) is 0.377. The van der Waals surface area contributed by atoms with Crippen LogP contribution in [0.4, 0.5) is 14.5 Å². The first kappa shape index (κ1) is 23.2. The Balaban J connectivity index is 2.26. The first-order valence-corrected chi connectivity index (χ1v) is 10.4. The van der Waals surface area contributed by atoms with Crippen molar-refractivity contribution in [1.29, 1.82) is 5.26 Å². The Morgan fingerprint density at radius 2 is 1.12 bits per heavy atom. The average molecular weight is 429 g/mol. The van der Waals surface area contributed by atoms with Crippen LogP contribution in [0.1, 0.15) is 58.2 Å². The van der Waals surface area contributed by atoms with Gasteiger partial charge in [0, 0.05) is 11.1 Å². The SMILES string of the molecule is [C-]#[N+]c1c(F)c(-c2ccc(C(C)(C)C)cc2)c(F)c(C#N)c1-c1ccc(C(C)(C)C)cc1. The van der Waals surface area contributed by atoms with Gasteiger partial charge in [0.25, 0.3) is 0 Å². The van der Waals surface area contributed by atoms with Crippen LogP contribution in [0.25, 0.3) is 27.1 Å². The van der Waals surface area contributed by atoms with Crippen molar-refractivity contribution < 1.29 is 8.78 Å². The van der Waals surface area contributed by atoms with Crippen LogP contribution in [0.5, 0.6) is 0 Å². The molecule has 0 unspecified atom stereocenters. The molecule has 0 saturated carbocycles. The third-order valence-corrected chi connectivity index (χ3v) is 5.66. The Morgan fingerprint density at radius 1 is 0.719 bits per heavy atom. The van der Waals surface area contributed by atoms with Gasteiger partial charge in [-0.1, -0.05) is 90.1 Å². The summed E-state index contributed by atoms with van der Waals surface area (Å²) in [7, 11) is 0. The first-order chi connectivity index (χ1) is 14.9. The highest BCUT2D eigenvalue weighted by Crippen LogP contribution is 2.43. The Labute approximate surface area is 189 Å². The summed E-state index contributed by atoms with van der Waals surface area (Å²) >= 11 is 0. The van der Waals surface area contributed by atoms with Gasteiger partial charge in [-0.15, -0.1) is 0 Å². The molecule has 0 amide bonds. The summed E-state index contributed by atoms with van der Waals surface area (Å²) in [4.78, 5) is 3.37. The number of nitrogens with zero attached hydrogens (tertiary/aromatic N) is 2. The molecule has 4 heteroatoms. The molecular formula is C28H26F2N2. The van der Waals surface area contributed by atoms with Crippen molar-refractivity contribution in [2.75, 3.05) is 0 Å². The zero-order valence-electron chi connectivity index (χ0n) is 19.3. The molecule has 3 rings (SSSR count). The molecule has 0 fully saturated rings. The molecule has 3 aromatic rings. The van der Waals surface area contributed by atoms with Crippen molar-refractivity contribution in [3.8, 4) is 28.3 Å². The van der Waals surface area contributed by atoms with E-state index >= 15 is 8.78 Å². The zero-order chi connectivity index (χ0) is 23.8. The molecule has 0 saturated heterocycles. The molecule has 0 bridgehead atoms. The molecule has 0 aliphatic carbocycles. The monoisotopic (exact) mass is 428 g/mol. The van der Waals surface area contributed by atoms with E-state index in [9.17, 15) is 5.26 Å². The number of hydrogen-bond acceptors (Lipinski definition) is 1. The maximum absolute atomic E-state index is 15.5. The Morgan fingerprint density at radius 3 is 1.47 bits per heavy atom. The van der Waals surface area contributed by atoms with Gasteiger partial charge in [-0.2, -0.15) is 5.26 Å². The molecule has 0 aromatic heterocycles. The Bertz CT molecular complexity index is 1200. The summed E-state index contributed by atoms with van der Waals surface area (Å²) in [5, 5.41) is 9.76. The minimum absolute atomic E-state index is 0.00646. The highest BCUT2D eigenvalue weighted by atomic mass is 19.1. The second-order valence-electron chi connectivity index (χ2n) is 9.98. The van der Waals surface area contributed by atoms with Crippen molar-refractivity contribution in [2.45, 2.75) is 52.4 Å². The summed E-state index contributed by atoms with van der Waals surface area (Å²) in [6.07, 6.45) is 0. The van der Waals surface area contributed by atoms with E-state index in [1.807, 2.05) is 51.1 Å². The summed E-state index contributed by atoms with van der Waals surface area (Å²) in [6.45, 7) is 19.9. The van der Waals surface area contributed by atoms with Crippen LogP contribution < -0.4 is 0 Å². The smallest absolute Gasteiger partial charge is 0.231 e. The van der Waals surface area contributed by atoms with Gasteiger partial charge in [0.2, 0.25) is 5.69 Å². The largest absolute Gasteiger partial charge is 0.234 e. The number of rotatable bonds is 2. The van der Waals surface area contributed by atoms with E-state index in [0.29, 0.717) is 11.1 Å². The lowest BCUT2D eigenvalue weighted by Gasteiger charge is -2.21. The van der Waals surface area contributed by atoms with Gasteiger partial charge in [0.1, 0.15) is 17.7 Å². The molecular weight excluding hydrogens is 402 g/mol. The fraction of sp³-hybridized carbons (Fsp3) is 0.286. The van der Waals surface area contributed by atoms with Crippen molar-refractivity contribution in [1.82, 2.24) is 0 Å². The lowest BCUT2D eigenvalue weighted by molar-refractivity contribution is 0.588. The topological polar surface area (TPSA) is 28.1 Å². The van der Waals surface area contributed by atoms with Gasteiger partial charge in [-0.3, -0.25) is 0 Å². The van der Waals surface area contributed by atoms with Crippen LogP contribution in [-0.4, -0.2) is 0 Å². The molecule has 162 valence electrons. The van der Waals surface area contributed by atoms with Crippen molar-refractivity contribution >= 4 is 5.69 Å². The lowest BCUT2D eigenvalue weighted by atomic mass is 9.84. The van der Waals surface area contributed by atoms with E-state index in [2.05, 4.69) is 25.6 Å². The fourth-order valence-electron chi connectivity index (χ4n) is 3.70. The molecule has 0 aliphatic rings.